The zero-order chi connectivity index (χ0) is 29.4. The number of carbonyl (C=O) groups is 4. The Kier molecular flexibility index (Phi) is 18.9. The van der Waals surface area contributed by atoms with Crippen molar-refractivity contribution in [2.75, 3.05) is 4.90 Å². The molecule has 1 aliphatic rings. The van der Waals surface area contributed by atoms with Crippen LogP contribution >= 0.6 is 0 Å². The summed E-state index contributed by atoms with van der Waals surface area (Å²) >= 11 is 0. The maximum Gasteiger partial charge on any atom is 1.00 e. The number of para-hydroxylation sites is 2. The maximum atomic E-state index is 12.3. The second-order valence-corrected chi connectivity index (χ2v) is 9.63. The fourth-order valence-electron chi connectivity index (χ4n) is 4.58. The Balaban J connectivity index is 0.000000624. The summed E-state index contributed by atoms with van der Waals surface area (Å²) in [5, 5.41) is 19.0. The number of fused-ring (bicyclic) bond motifs is 2. The molecule has 0 spiro atoms. The minimum atomic E-state index is -0.885. The quantitative estimate of drug-likeness (QED) is 0.427. The van der Waals surface area contributed by atoms with Gasteiger partial charge in [0, 0.05) is 18.0 Å². The van der Waals surface area contributed by atoms with E-state index in [2.05, 4.69) is 0 Å². The fraction of sp³-hybridized carbons (Fsp3) is 0.484. The Labute approximate surface area is 260 Å². The maximum absolute atomic E-state index is 12.3. The van der Waals surface area contributed by atoms with Crippen LogP contribution in [0.15, 0.2) is 48.5 Å². The summed E-state index contributed by atoms with van der Waals surface area (Å²) in [5.41, 5.74) is 8.04. The van der Waals surface area contributed by atoms with Crippen LogP contribution in [0.5, 0.6) is 0 Å². The normalized spacial score (nSPS) is 11.6. The van der Waals surface area contributed by atoms with Crippen LogP contribution in [0, 0.1) is 11.8 Å². The van der Waals surface area contributed by atoms with E-state index < -0.39 is 18.0 Å². The summed E-state index contributed by atoms with van der Waals surface area (Å²) in [7, 11) is 0. The third-order valence-corrected chi connectivity index (χ3v) is 6.48. The van der Waals surface area contributed by atoms with Crippen molar-refractivity contribution in [1.82, 2.24) is 0 Å². The second-order valence-electron chi connectivity index (χ2n) is 9.63. The van der Waals surface area contributed by atoms with Gasteiger partial charge in [-0.3, -0.25) is 14.5 Å². The number of hydrogen-bond acceptors (Lipinski definition) is 5. The van der Waals surface area contributed by atoms with Crippen molar-refractivity contribution in [3.8, 4) is 0 Å². The van der Waals surface area contributed by atoms with Gasteiger partial charge in [0.15, 0.2) is 5.78 Å². The van der Waals surface area contributed by atoms with E-state index in [9.17, 15) is 24.3 Å². The molecule has 1 heterocycles. The first-order valence-electron chi connectivity index (χ1n) is 13.9. The van der Waals surface area contributed by atoms with Crippen molar-refractivity contribution in [1.29, 1.82) is 0 Å². The molecule has 0 aliphatic carbocycles. The molecule has 8 nitrogen and oxygen atoms in total. The first-order chi connectivity index (χ1) is 18.6. The topological polar surface area (TPSA) is 141 Å². The van der Waals surface area contributed by atoms with E-state index in [0.29, 0.717) is 16.9 Å². The van der Waals surface area contributed by atoms with Gasteiger partial charge in [0.2, 0.25) is 0 Å². The molecule has 0 atom stereocenters. The summed E-state index contributed by atoms with van der Waals surface area (Å²) < 4.78 is 0. The number of urea groups is 1. The van der Waals surface area contributed by atoms with Crippen molar-refractivity contribution >= 4 is 35.1 Å². The number of carbonyl (C=O) groups excluding carboxylic acids is 3. The number of hydrogen-bond donors (Lipinski definition) is 2. The molecule has 0 unspecified atom stereocenters. The minimum Gasteiger partial charge on any atom is -0.550 e. The number of nitrogens with two attached hydrogens (primary N) is 1. The third-order valence-electron chi connectivity index (χ3n) is 6.48. The number of benzene rings is 2. The Morgan fingerprint density at radius 1 is 0.825 bits per heavy atom. The molecular formula is C31H43N2NaO6. The fourth-order valence-corrected chi connectivity index (χ4v) is 4.58. The molecule has 0 radical (unpaired) electrons. The Morgan fingerprint density at radius 2 is 1.27 bits per heavy atom. The Morgan fingerprint density at radius 3 is 1.73 bits per heavy atom. The number of ketones is 1. The number of carboxylic acid groups (broad SMARTS) is 2. The van der Waals surface area contributed by atoms with Crippen LogP contribution in [-0.4, -0.2) is 28.9 Å². The molecule has 0 saturated heterocycles. The molecule has 0 fully saturated rings. The molecule has 1 aliphatic heterocycles. The number of nitrogens with zero attached hydrogens (tertiary/aromatic N) is 1. The summed E-state index contributed by atoms with van der Waals surface area (Å²) in [5.74, 6) is -1.84. The van der Waals surface area contributed by atoms with Crippen LogP contribution in [0.25, 0.3) is 0 Å². The second kappa shape index (κ2) is 20.2. The number of aliphatic carboxylic acids is 2. The van der Waals surface area contributed by atoms with Gasteiger partial charge in [-0.25, -0.2) is 4.79 Å². The van der Waals surface area contributed by atoms with Crippen LogP contribution < -0.4 is 45.3 Å². The van der Waals surface area contributed by atoms with Gasteiger partial charge in [0.1, 0.15) is 0 Å². The van der Waals surface area contributed by atoms with Gasteiger partial charge < -0.3 is 20.7 Å². The summed E-state index contributed by atoms with van der Waals surface area (Å²) in [4.78, 5) is 46.3. The number of primary amides is 1. The molecule has 214 valence electrons. The van der Waals surface area contributed by atoms with Gasteiger partial charge in [-0.2, -0.15) is 0 Å². The molecule has 3 rings (SSSR count). The molecule has 3 N–H and O–H groups in total. The molecular weight excluding hydrogens is 519 g/mol. The van der Waals surface area contributed by atoms with E-state index in [1.165, 1.54) is 4.90 Å². The van der Waals surface area contributed by atoms with E-state index >= 15 is 0 Å². The molecule has 0 saturated carbocycles. The minimum absolute atomic E-state index is 0. The summed E-state index contributed by atoms with van der Waals surface area (Å²) in [6.45, 7) is 8.02. The van der Waals surface area contributed by atoms with Crippen LogP contribution in [0.3, 0.4) is 0 Å². The Bertz CT molecular complexity index is 1050. The van der Waals surface area contributed by atoms with Gasteiger partial charge in [-0.1, -0.05) is 83.7 Å². The van der Waals surface area contributed by atoms with Gasteiger partial charge in [0.25, 0.3) is 0 Å². The van der Waals surface area contributed by atoms with E-state index in [0.717, 1.165) is 56.9 Å². The molecule has 2 aromatic carbocycles. The zero-order valence-electron chi connectivity index (χ0n) is 24.7. The molecule has 2 amide bonds. The van der Waals surface area contributed by atoms with Crippen LogP contribution in [-0.2, 0) is 16.0 Å². The average molecular weight is 563 g/mol. The van der Waals surface area contributed by atoms with E-state index in [4.69, 9.17) is 10.8 Å². The van der Waals surface area contributed by atoms with E-state index in [-0.39, 0.29) is 53.6 Å². The predicted molar refractivity (Wildman–Crippen MR) is 152 cm³/mol. The van der Waals surface area contributed by atoms with Crippen molar-refractivity contribution in [2.24, 2.45) is 17.6 Å². The number of rotatable bonds is 10. The van der Waals surface area contributed by atoms with Crippen molar-refractivity contribution in [3.05, 3.63) is 59.7 Å². The molecule has 40 heavy (non-hydrogen) atoms. The standard InChI is InChI=1S/C15H12N2O2.2C8H16O2.Na/c16-15(19)17-12-7-3-1-5-10(12)9-14(18)11-6-2-4-8-13(11)17;2*1-3-5-7(6-4-2)8(9)10;/h1-8H,9H2,(H2,16,19);2*7H,3-6H2,1-2H3,(H,9,10);/q;;;+1/p-1. The van der Waals surface area contributed by atoms with Gasteiger partial charge in [-0.15, -0.1) is 0 Å². The van der Waals surface area contributed by atoms with Gasteiger partial charge in [-0.05, 0) is 55.4 Å². The summed E-state index contributed by atoms with van der Waals surface area (Å²) in [6.07, 6.45) is 7.24. The first kappa shape index (κ1) is 37.3. The molecule has 0 bridgehead atoms. The SMILES string of the molecule is CCCC(CCC)C(=O)O.CCCC(CCC)C(=O)[O-].NC(=O)N1c2ccccc2CC(=O)c2ccccc21.[Na+]. The molecule has 9 heteroatoms. The monoisotopic (exact) mass is 562 g/mol. The zero-order valence-corrected chi connectivity index (χ0v) is 26.7. The largest absolute Gasteiger partial charge is 1.00 e. The first-order valence-corrected chi connectivity index (χ1v) is 13.9. The van der Waals surface area contributed by atoms with Gasteiger partial charge >= 0.3 is 41.6 Å². The van der Waals surface area contributed by atoms with Crippen LogP contribution in [0.2, 0.25) is 0 Å². The predicted octanol–water partition coefficient (Wildman–Crippen LogP) is 2.89. The third kappa shape index (κ3) is 11.8. The molecule has 0 aromatic heterocycles. The number of Topliss-reactive ketones (excluding diaryl/α,β-unsaturated/α-hetero) is 1. The van der Waals surface area contributed by atoms with Crippen LogP contribution in [0.1, 0.15) is 95.0 Å². The smallest absolute Gasteiger partial charge is 0.550 e. The van der Waals surface area contributed by atoms with Crippen LogP contribution in [0.4, 0.5) is 16.2 Å². The van der Waals surface area contributed by atoms with Crippen molar-refractivity contribution in [2.45, 2.75) is 85.5 Å². The number of amides is 2. The van der Waals surface area contributed by atoms with E-state index in [1.807, 2.05) is 45.9 Å². The average Bonchev–Trinajstić information content (AvgIpc) is 3.03. The summed E-state index contributed by atoms with van der Waals surface area (Å²) in [6, 6.07) is 13.8. The van der Waals surface area contributed by atoms with Gasteiger partial charge in [0.05, 0.1) is 17.3 Å². The Hall–Kier alpha value is -2.68. The molecule has 2 aromatic rings. The van der Waals surface area contributed by atoms with E-state index in [1.54, 1.807) is 30.3 Å². The number of anilines is 2. The van der Waals surface area contributed by atoms with Crippen molar-refractivity contribution in [3.63, 3.8) is 0 Å². The number of carboxylic acids is 2. The van der Waals surface area contributed by atoms with Crippen molar-refractivity contribution < 1.29 is 58.9 Å².